The fraction of sp³-hybridized carbons (Fsp3) is 0.625. The largest absolute Gasteiger partial charge is 0.453 e. The van der Waals surface area contributed by atoms with Crippen LogP contribution in [-0.4, -0.2) is 35.5 Å². The fourth-order valence-corrected chi connectivity index (χ4v) is 1.34. The third-order valence-electron chi connectivity index (χ3n) is 2.10. The van der Waals surface area contributed by atoms with Crippen molar-refractivity contribution in [2.75, 3.05) is 0 Å². The summed E-state index contributed by atoms with van der Waals surface area (Å²) < 4.78 is 10.00. The highest BCUT2D eigenvalue weighted by Gasteiger charge is 2.47. The number of aliphatic hydroxyl groups excluding tert-OH is 1. The van der Waals surface area contributed by atoms with Crippen LogP contribution in [0.4, 0.5) is 0 Å². The second-order valence-electron chi connectivity index (χ2n) is 3.06. The third kappa shape index (κ3) is 1.23. The van der Waals surface area contributed by atoms with E-state index in [1.54, 1.807) is 0 Å². The van der Waals surface area contributed by atoms with E-state index in [-0.39, 0.29) is 12.2 Å². The lowest BCUT2D eigenvalue weighted by Crippen LogP contribution is -2.37. The zero-order valence-corrected chi connectivity index (χ0v) is 6.64. The highest BCUT2D eigenvalue weighted by molar-refractivity contribution is 5.83. The number of cyclic esters (lactones) is 1. The molecule has 1 N–H and O–H groups in total. The Hall–Kier alpha value is -0.870. The van der Waals surface area contributed by atoms with Gasteiger partial charge in [-0.3, -0.25) is 0 Å². The SMILES string of the molecule is CC1OC1C1OC(=O)C=CC1O. The van der Waals surface area contributed by atoms with Gasteiger partial charge in [0.2, 0.25) is 0 Å². The molecule has 0 saturated carbocycles. The normalized spacial score (nSPS) is 45.7. The predicted molar refractivity (Wildman–Crippen MR) is 39.4 cm³/mol. The van der Waals surface area contributed by atoms with Gasteiger partial charge in [-0.15, -0.1) is 0 Å². The summed E-state index contributed by atoms with van der Waals surface area (Å²) in [6.07, 6.45) is 1.38. The summed E-state index contributed by atoms with van der Waals surface area (Å²) in [5.41, 5.74) is 0. The van der Waals surface area contributed by atoms with Crippen molar-refractivity contribution in [1.82, 2.24) is 0 Å². The first-order chi connectivity index (χ1) is 5.68. The predicted octanol–water partition coefficient (Wildman–Crippen LogP) is -0.384. The van der Waals surface area contributed by atoms with Gasteiger partial charge in [0.05, 0.1) is 6.10 Å². The Kier molecular flexibility index (Phi) is 1.66. The van der Waals surface area contributed by atoms with Gasteiger partial charge in [-0.25, -0.2) is 4.79 Å². The lowest BCUT2D eigenvalue weighted by molar-refractivity contribution is -0.150. The Bertz CT molecular complexity index is 235. The molecule has 0 radical (unpaired) electrons. The van der Waals surface area contributed by atoms with Crippen molar-refractivity contribution in [3.05, 3.63) is 12.2 Å². The van der Waals surface area contributed by atoms with Gasteiger partial charge in [0, 0.05) is 6.08 Å². The first kappa shape index (κ1) is 7.76. The van der Waals surface area contributed by atoms with Crippen molar-refractivity contribution in [1.29, 1.82) is 0 Å². The zero-order valence-electron chi connectivity index (χ0n) is 6.64. The van der Waals surface area contributed by atoms with Gasteiger partial charge in [0.25, 0.3) is 0 Å². The van der Waals surface area contributed by atoms with Crippen LogP contribution in [0.5, 0.6) is 0 Å². The summed E-state index contributed by atoms with van der Waals surface area (Å²) in [5.74, 6) is -0.409. The first-order valence-corrected chi connectivity index (χ1v) is 3.91. The van der Waals surface area contributed by atoms with E-state index in [1.807, 2.05) is 6.92 Å². The second kappa shape index (κ2) is 2.57. The molecule has 4 heteroatoms. The Morgan fingerprint density at radius 3 is 2.75 bits per heavy atom. The van der Waals surface area contributed by atoms with E-state index in [2.05, 4.69) is 0 Å². The van der Waals surface area contributed by atoms with E-state index in [0.717, 1.165) is 0 Å². The number of hydrogen-bond donors (Lipinski definition) is 1. The molecule has 0 aromatic rings. The quantitative estimate of drug-likeness (QED) is 0.430. The average Bonchev–Trinajstić information content (AvgIpc) is 2.73. The van der Waals surface area contributed by atoms with Gasteiger partial charge < -0.3 is 14.6 Å². The summed E-state index contributed by atoms with van der Waals surface area (Å²) in [6, 6.07) is 0. The number of hydrogen-bond acceptors (Lipinski definition) is 4. The second-order valence-corrected chi connectivity index (χ2v) is 3.06. The van der Waals surface area contributed by atoms with Crippen molar-refractivity contribution < 1.29 is 19.4 Å². The van der Waals surface area contributed by atoms with Crippen LogP contribution < -0.4 is 0 Å². The van der Waals surface area contributed by atoms with Crippen LogP contribution in [-0.2, 0) is 14.3 Å². The van der Waals surface area contributed by atoms with Gasteiger partial charge in [-0.1, -0.05) is 0 Å². The Labute approximate surface area is 69.8 Å². The Morgan fingerprint density at radius 1 is 1.50 bits per heavy atom. The van der Waals surface area contributed by atoms with Gasteiger partial charge in [-0.05, 0) is 13.0 Å². The lowest BCUT2D eigenvalue weighted by atomic mass is 10.1. The summed E-state index contributed by atoms with van der Waals surface area (Å²) >= 11 is 0. The van der Waals surface area contributed by atoms with Crippen LogP contribution >= 0.6 is 0 Å². The van der Waals surface area contributed by atoms with Crippen molar-refractivity contribution in [3.63, 3.8) is 0 Å². The fourth-order valence-electron chi connectivity index (χ4n) is 1.34. The molecule has 0 amide bonds. The molecular formula is C8H10O4. The summed E-state index contributed by atoms with van der Waals surface area (Å²) in [6.45, 7) is 1.88. The summed E-state index contributed by atoms with van der Waals surface area (Å²) in [5, 5.41) is 9.37. The summed E-state index contributed by atoms with van der Waals surface area (Å²) in [4.78, 5) is 10.8. The van der Waals surface area contributed by atoms with Crippen molar-refractivity contribution in [2.45, 2.75) is 31.3 Å². The molecule has 0 aliphatic carbocycles. The number of esters is 1. The van der Waals surface area contributed by atoms with Crippen molar-refractivity contribution >= 4 is 5.97 Å². The molecule has 4 nitrogen and oxygen atoms in total. The summed E-state index contributed by atoms with van der Waals surface area (Å²) in [7, 11) is 0. The molecular weight excluding hydrogens is 160 g/mol. The van der Waals surface area contributed by atoms with E-state index in [9.17, 15) is 9.90 Å². The van der Waals surface area contributed by atoms with Crippen molar-refractivity contribution in [2.24, 2.45) is 0 Å². The first-order valence-electron chi connectivity index (χ1n) is 3.91. The molecule has 12 heavy (non-hydrogen) atoms. The van der Waals surface area contributed by atoms with Crippen LogP contribution in [0.1, 0.15) is 6.92 Å². The minimum atomic E-state index is -0.724. The molecule has 4 unspecified atom stereocenters. The number of rotatable bonds is 1. The van der Waals surface area contributed by atoms with Gasteiger partial charge in [0.15, 0.2) is 6.10 Å². The maximum atomic E-state index is 10.8. The lowest BCUT2D eigenvalue weighted by Gasteiger charge is -2.21. The van der Waals surface area contributed by atoms with Gasteiger partial charge in [0.1, 0.15) is 12.2 Å². The minimum absolute atomic E-state index is 0.0870. The smallest absolute Gasteiger partial charge is 0.330 e. The van der Waals surface area contributed by atoms with Gasteiger partial charge in [-0.2, -0.15) is 0 Å². The van der Waals surface area contributed by atoms with Crippen LogP contribution in [0.3, 0.4) is 0 Å². The van der Waals surface area contributed by atoms with Gasteiger partial charge >= 0.3 is 5.97 Å². The highest BCUT2D eigenvalue weighted by atomic mass is 16.6. The monoisotopic (exact) mass is 170 g/mol. The molecule has 0 bridgehead atoms. The number of carbonyl (C=O) groups is 1. The third-order valence-corrected chi connectivity index (χ3v) is 2.10. The molecule has 0 aromatic carbocycles. The highest BCUT2D eigenvalue weighted by Crippen LogP contribution is 2.30. The molecule has 1 fully saturated rings. The molecule has 0 aromatic heterocycles. The molecule has 4 atom stereocenters. The number of epoxide rings is 1. The zero-order chi connectivity index (χ0) is 8.72. The minimum Gasteiger partial charge on any atom is -0.453 e. The molecule has 66 valence electrons. The van der Waals surface area contributed by atoms with E-state index in [0.29, 0.717) is 0 Å². The van der Waals surface area contributed by atoms with E-state index in [1.165, 1.54) is 12.2 Å². The maximum absolute atomic E-state index is 10.8. The van der Waals surface area contributed by atoms with Crippen molar-refractivity contribution in [3.8, 4) is 0 Å². The Balaban J connectivity index is 2.06. The molecule has 2 aliphatic heterocycles. The molecule has 1 saturated heterocycles. The number of aliphatic hydroxyl groups is 1. The molecule has 2 rings (SSSR count). The topological polar surface area (TPSA) is 59.1 Å². The number of ether oxygens (including phenoxy) is 2. The van der Waals surface area contributed by atoms with E-state index in [4.69, 9.17) is 9.47 Å². The van der Waals surface area contributed by atoms with E-state index >= 15 is 0 Å². The van der Waals surface area contributed by atoms with Crippen LogP contribution in [0, 0.1) is 0 Å². The standard InChI is InChI=1S/C8H10O4/c1-4-7(11-4)8-5(9)2-3-6(10)12-8/h2-5,7-9H,1H3. The van der Waals surface area contributed by atoms with Crippen LogP contribution in [0.25, 0.3) is 0 Å². The number of carbonyl (C=O) groups excluding carboxylic acids is 1. The Morgan fingerprint density at radius 2 is 2.17 bits per heavy atom. The maximum Gasteiger partial charge on any atom is 0.330 e. The van der Waals surface area contributed by atoms with Crippen LogP contribution in [0.15, 0.2) is 12.2 Å². The molecule has 2 heterocycles. The average molecular weight is 170 g/mol. The molecule has 0 spiro atoms. The molecule has 2 aliphatic rings. The van der Waals surface area contributed by atoms with E-state index < -0.39 is 18.2 Å². The van der Waals surface area contributed by atoms with Crippen LogP contribution in [0.2, 0.25) is 0 Å².